The van der Waals surface area contributed by atoms with Crippen molar-refractivity contribution >= 4 is 29.6 Å². The molecule has 47 heavy (non-hydrogen) atoms. The number of benzene rings is 2. The lowest BCUT2D eigenvalue weighted by Crippen LogP contribution is -2.55. The second-order valence-electron chi connectivity index (χ2n) is 11.7. The average molecular weight is 654 g/mol. The van der Waals surface area contributed by atoms with Crippen LogP contribution in [-0.4, -0.2) is 61.7 Å². The third-order valence-corrected chi connectivity index (χ3v) is 7.76. The molecular formula is C36H47NO10. The first kappa shape index (κ1) is 38.7. The molecule has 0 aliphatic rings. The predicted molar refractivity (Wildman–Crippen MR) is 175 cm³/mol. The molecule has 256 valence electrons. The van der Waals surface area contributed by atoms with Gasteiger partial charge in [0, 0.05) is 19.3 Å². The normalized spacial score (nSPS) is 13.7. The maximum absolute atomic E-state index is 13.3. The van der Waals surface area contributed by atoms with Gasteiger partial charge in [0.15, 0.2) is 5.60 Å². The van der Waals surface area contributed by atoms with E-state index in [1.54, 1.807) is 36.4 Å². The zero-order valence-corrected chi connectivity index (χ0v) is 26.9. The molecule has 0 bridgehead atoms. The predicted octanol–water partition coefficient (Wildman–Crippen LogP) is 5.93. The minimum absolute atomic E-state index is 0.172. The molecule has 0 heterocycles. The number of para-hydroxylation sites is 1. The number of rotatable bonds is 24. The molecule has 0 aliphatic heterocycles. The molecule has 2 rings (SSSR count). The fourth-order valence-electron chi connectivity index (χ4n) is 5.07. The minimum atomic E-state index is -3.02. The maximum atomic E-state index is 13.3. The molecule has 0 spiro atoms. The number of aliphatic hydroxyl groups is 1. The number of carboxylic acids is 3. The fourth-order valence-corrected chi connectivity index (χ4v) is 5.07. The molecule has 0 saturated carbocycles. The highest BCUT2D eigenvalue weighted by Gasteiger charge is 2.49. The lowest BCUT2D eigenvalue weighted by atomic mass is 9.82. The molecule has 0 saturated heterocycles. The Kier molecular flexibility index (Phi) is 16.9. The van der Waals surface area contributed by atoms with Crippen LogP contribution < -0.4 is 10.1 Å². The van der Waals surface area contributed by atoms with Gasteiger partial charge in [-0.1, -0.05) is 81.5 Å². The number of nitrogens with one attached hydrogen (secondary N) is 1. The van der Waals surface area contributed by atoms with E-state index in [0.29, 0.717) is 42.7 Å². The van der Waals surface area contributed by atoms with E-state index < -0.39 is 47.8 Å². The van der Waals surface area contributed by atoms with E-state index in [2.05, 4.69) is 12.2 Å². The third-order valence-electron chi connectivity index (χ3n) is 7.76. The van der Waals surface area contributed by atoms with Crippen molar-refractivity contribution in [2.75, 3.05) is 0 Å². The highest BCUT2D eigenvalue weighted by atomic mass is 16.5. The number of allylic oxidation sites excluding steroid dienone is 1. The average Bonchev–Trinajstić information content (AvgIpc) is 3.02. The third kappa shape index (κ3) is 14.2. The first-order chi connectivity index (χ1) is 22.5. The van der Waals surface area contributed by atoms with Crippen molar-refractivity contribution in [3.8, 4) is 11.5 Å². The van der Waals surface area contributed by atoms with Gasteiger partial charge < -0.3 is 30.5 Å². The Bertz CT molecular complexity index is 1330. The van der Waals surface area contributed by atoms with Gasteiger partial charge in [-0.15, -0.1) is 0 Å². The summed E-state index contributed by atoms with van der Waals surface area (Å²) < 4.78 is 5.74. The Morgan fingerprint density at radius 3 is 1.98 bits per heavy atom. The molecule has 1 amide bonds. The molecule has 0 unspecified atom stereocenters. The van der Waals surface area contributed by atoms with Crippen LogP contribution in [0.15, 0.2) is 66.7 Å². The molecule has 11 nitrogen and oxygen atoms in total. The summed E-state index contributed by atoms with van der Waals surface area (Å²) >= 11 is 0. The van der Waals surface area contributed by atoms with E-state index in [1.165, 1.54) is 6.08 Å². The van der Waals surface area contributed by atoms with Gasteiger partial charge in [-0.3, -0.25) is 14.4 Å². The Balaban J connectivity index is 2.02. The van der Waals surface area contributed by atoms with Crippen LogP contribution in [0.4, 0.5) is 0 Å². The first-order valence-corrected chi connectivity index (χ1v) is 16.2. The second kappa shape index (κ2) is 20.6. The van der Waals surface area contributed by atoms with Crippen LogP contribution in [0.1, 0.15) is 89.5 Å². The van der Waals surface area contributed by atoms with Crippen LogP contribution in [0.3, 0.4) is 0 Å². The van der Waals surface area contributed by atoms with Gasteiger partial charge in [0.25, 0.3) is 0 Å². The Morgan fingerprint density at radius 1 is 0.809 bits per heavy atom. The van der Waals surface area contributed by atoms with Crippen molar-refractivity contribution in [2.45, 2.75) is 102 Å². The zero-order chi connectivity index (χ0) is 34.7. The van der Waals surface area contributed by atoms with Gasteiger partial charge in [-0.05, 0) is 55.5 Å². The molecule has 2 aromatic rings. The quantitative estimate of drug-likeness (QED) is 0.0671. The van der Waals surface area contributed by atoms with Crippen LogP contribution in [0.25, 0.3) is 0 Å². The summed E-state index contributed by atoms with van der Waals surface area (Å²) in [5.74, 6) is -6.61. The lowest BCUT2D eigenvalue weighted by Gasteiger charge is -2.29. The van der Waals surface area contributed by atoms with Crippen LogP contribution in [-0.2, 0) is 30.4 Å². The van der Waals surface area contributed by atoms with Crippen molar-refractivity contribution < 1.29 is 49.1 Å². The van der Waals surface area contributed by atoms with E-state index in [9.17, 15) is 44.4 Å². The van der Waals surface area contributed by atoms with Gasteiger partial charge in [-0.2, -0.15) is 0 Å². The fraction of sp³-hybridized carbons (Fsp3) is 0.472. The molecule has 2 aromatic carbocycles. The minimum Gasteiger partial charge on any atom is -0.481 e. The maximum Gasteiger partial charge on any atom is 0.337 e. The number of amides is 1. The number of carbonyl (C=O) groups excluding carboxylic acids is 2. The molecule has 3 atom stereocenters. The number of ether oxygens (including phenoxy) is 1. The number of hydrogen-bond donors (Lipinski definition) is 5. The van der Waals surface area contributed by atoms with Crippen molar-refractivity contribution in [3.05, 3.63) is 72.3 Å². The molecule has 0 radical (unpaired) electrons. The van der Waals surface area contributed by atoms with Gasteiger partial charge in [0.1, 0.15) is 23.3 Å². The Hall–Kier alpha value is -4.51. The summed E-state index contributed by atoms with van der Waals surface area (Å²) in [6.07, 6.45) is 9.93. The summed E-state index contributed by atoms with van der Waals surface area (Å²) in [7, 11) is 0. The molecule has 0 fully saturated rings. The van der Waals surface area contributed by atoms with Gasteiger partial charge >= 0.3 is 17.9 Å². The molecule has 5 N–H and O–H groups in total. The van der Waals surface area contributed by atoms with Crippen molar-refractivity contribution in [1.82, 2.24) is 5.32 Å². The number of ketones is 1. The number of carbonyl (C=O) groups is 5. The smallest absolute Gasteiger partial charge is 0.337 e. The summed E-state index contributed by atoms with van der Waals surface area (Å²) in [6, 6.07) is 14.1. The second-order valence-corrected chi connectivity index (χ2v) is 11.7. The number of Topliss-reactive ketones (excluding diaryl/α,β-unsaturated/α-hetero) is 1. The molecule has 11 heteroatoms. The van der Waals surface area contributed by atoms with Crippen LogP contribution in [0.2, 0.25) is 0 Å². The van der Waals surface area contributed by atoms with Crippen molar-refractivity contribution in [1.29, 1.82) is 0 Å². The van der Waals surface area contributed by atoms with E-state index in [-0.39, 0.29) is 12.2 Å². The van der Waals surface area contributed by atoms with Crippen LogP contribution in [0, 0.1) is 5.92 Å². The van der Waals surface area contributed by atoms with E-state index in [4.69, 9.17) is 4.74 Å². The van der Waals surface area contributed by atoms with Crippen LogP contribution >= 0.6 is 0 Å². The first-order valence-electron chi connectivity index (χ1n) is 16.2. The summed E-state index contributed by atoms with van der Waals surface area (Å²) in [5.41, 5.74) is -2.49. The zero-order valence-electron chi connectivity index (χ0n) is 26.9. The Labute approximate surface area is 275 Å². The summed E-state index contributed by atoms with van der Waals surface area (Å²) in [5, 5.41) is 42.1. The number of carboxylic acid groups (broad SMARTS) is 3. The van der Waals surface area contributed by atoms with Crippen molar-refractivity contribution in [2.24, 2.45) is 5.92 Å². The topological polar surface area (TPSA) is 188 Å². The highest BCUT2D eigenvalue weighted by molar-refractivity contribution is 5.94. The van der Waals surface area contributed by atoms with Crippen molar-refractivity contribution in [3.63, 3.8) is 0 Å². The number of hydrogen-bond acceptors (Lipinski definition) is 7. The molecule has 0 aliphatic carbocycles. The van der Waals surface area contributed by atoms with Gasteiger partial charge in [0.2, 0.25) is 5.91 Å². The molecule has 0 aromatic heterocycles. The highest BCUT2D eigenvalue weighted by Crippen LogP contribution is 2.26. The monoisotopic (exact) mass is 653 g/mol. The SMILES string of the molecule is CCCCCCC(=O)CCCCCCC=C[C@H](C(=O)N[C@@H](Cc1ccc(Oc2ccccc2)cc1)C(=O)O)[C@@](O)(CC(=O)O)C(=O)O. The van der Waals surface area contributed by atoms with Crippen LogP contribution in [0.5, 0.6) is 11.5 Å². The summed E-state index contributed by atoms with van der Waals surface area (Å²) in [6.45, 7) is 2.12. The Morgan fingerprint density at radius 2 is 1.40 bits per heavy atom. The standard InChI is InChI=1S/C36H47NO10/c1-2-3-4-10-15-27(38)16-11-7-5-6-8-14-19-30(36(46,35(44)45)25-32(39)40)33(41)37-31(34(42)43)24-26-20-22-29(23-21-26)47-28-17-12-9-13-18-28/h9,12-14,17-23,30-31,46H,2-8,10-11,15-16,24-25H2,1H3,(H,37,41)(H,39,40)(H,42,43)(H,44,45)/t30-,31+,36+/m1/s1. The summed E-state index contributed by atoms with van der Waals surface area (Å²) in [4.78, 5) is 60.9. The number of unbranched alkanes of at least 4 members (excludes halogenated alkanes) is 7. The molecular weight excluding hydrogens is 606 g/mol. The van der Waals surface area contributed by atoms with E-state index in [0.717, 1.165) is 51.0 Å². The number of aliphatic carboxylic acids is 3. The van der Waals surface area contributed by atoms with Gasteiger partial charge in [-0.25, -0.2) is 9.59 Å². The van der Waals surface area contributed by atoms with Gasteiger partial charge in [0.05, 0.1) is 12.3 Å². The largest absolute Gasteiger partial charge is 0.481 e. The van der Waals surface area contributed by atoms with E-state index >= 15 is 0 Å². The van der Waals surface area contributed by atoms with E-state index in [1.807, 2.05) is 18.2 Å². The lowest BCUT2D eigenvalue weighted by molar-refractivity contribution is -0.172.